The largest absolute Gasteiger partial charge is 0.351 e. The van der Waals surface area contributed by atoms with Crippen LogP contribution in [0.5, 0.6) is 0 Å². The van der Waals surface area contributed by atoms with E-state index in [9.17, 15) is 15.3 Å². The lowest BCUT2D eigenvalue weighted by Crippen LogP contribution is -2.44. The Morgan fingerprint density at radius 3 is 2.30 bits per heavy atom. The molecule has 0 bridgehead atoms. The Bertz CT molecular complexity index is 1330. The minimum Gasteiger partial charge on any atom is -0.351 e. The Balaban J connectivity index is 1.78. The molecular formula is C28H20BrN3O. The van der Waals surface area contributed by atoms with Crippen LogP contribution < -0.4 is 4.90 Å². The van der Waals surface area contributed by atoms with Gasteiger partial charge < -0.3 is 4.90 Å². The highest BCUT2D eigenvalue weighted by Crippen LogP contribution is 2.55. The topological polar surface area (TPSA) is 67.9 Å². The van der Waals surface area contributed by atoms with Crippen LogP contribution in [0.3, 0.4) is 0 Å². The molecule has 160 valence electrons. The highest BCUT2D eigenvalue weighted by atomic mass is 79.9. The van der Waals surface area contributed by atoms with E-state index >= 15 is 0 Å². The molecule has 0 N–H and O–H groups in total. The lowest BCUT2D eigenvalue weighted by Gasteiger charge is -2.35. The molecule has 0 amide bonds. The van der Waals surface area contributed by atoms with E-state index in [0.717, 1.165) is 26.9 Å². The standard InChI is InChI=1S/C28H20BrN3O/c1-18-6-8-21(9-7-18)27(33)26-25(20-10-13-22(29)14-11-20)28(16-30,17-31)24-15-12-19-4-2-3-5-23(19)32(24)26/h2-15,24-26H,1H3. The summed E-state index contributed by atoms with van der Waals surface area (Å²) in [6.45, 7) is 1.98. The molecule has 0 aromatic heterocycles. The fourth-order valence-electron chi connectivity index (χ4n) is 5.17. The second-order valence-corrected chi connectivity index (χ2v) is 9.48. The van der Waals surface area contributed by atoms with Gasteiger partial charge >= 0.3 is 0 Å². The summed E-state index contributed by atoms with van der Waals surface area (Å²) in [4.78, 5) is 16.1. The number of para-hydroxylation sites is 1. The van der Waals surface area contributed by atoms with Crippen molar-refractivity contribution in [1.29, 1.82) is 10.5 Å². The molecule has 0 aliphatic carbocycles. The number of nitriles is 2. The van der Waals surface area contributed by atoms with Gasteiger partial charge in [-0.05, 0) is 36.2 Å². The molecular weight excluding hydrogens is 474 g/mol. The predicted molar refractivity (Wildman–Crippen MR) is 132 cm³/mol. The van der Waals surface area contributed by atoms with Gasteiger partial charge in [0.25, 0.3) is 0 Å². The van der Waals surface area contributed by atoms with E-state index in [-0.39, 0.29) is 5.78 Å². The second kappa shape index (κ2) is 8.03. The molecule has 4 nitrogen and oxygen atoms in total. The third-order valence-electron chi connectivity index (χ3n) is 6.75. The number of nitrogens with zero attached hydrogens (tertiary/aromatic N) is 3. The summed E-state index contributed by atoms with van der Waals surface area (Å²) in [6.07, 6.45) is 3.86. The number of rotatable bonds is 3. The number of carbonyl (C=O) groups is 1. The molecule has 3 aromatic rings. The summed E-state index contributed by atoms with van der Waals surface area (Å²) in [7, 11) is 0. The Hall–Kier alpha value is -3.67. The van der Waals surface area contributed by atoms with Gasteiger partial charge in [0.15, 0.2) is 11.2 Å². The van der Waals surface area contributed by atoms with E-state index in [1.165, 1.54) is 0 Å². The monoisotopic (exact) mass is 493 g/mol. The van der Waals surface area contributed by atoms with Crippen LogP contribution in [0.25, 0.3) is 6.08 Å². The molecule has 1 fully saturated rings. The van der Waals surface area contributed by atoms with Crippen molar-refractivity contribution in [2.24, 2.45) is 5.41 Å². The molecule has 2 aliphatic heterocycles. The molecule has 5 heteroatoms. The zero-order chi connectivity index (χ0) is 23.2. The Labute approximate surface area is 201 Å². The maximum Gasteiger partial charge on any atom is 0.185 e. The SMILES string of the molecule is Cc1ccc(C(=O)C2C(c3ccc(Br)cc3)C(C#N)(C#N)C3C=Cc4ccccc4N23)cc1. The Kier molecular flexibility index (Phi) is 5.16. The molecule has 2 aliphatic rings. The number of hydrogen-bond donors (Lipinski definition) is 0. The van der Waals surface area contributed by atoms with Gasteiger partial charge in [-0.1, -0.05) is 88.2 Å². The number of ketones is 1. The van der Waals surface area contributed by atoms with Gasteiger partial charge in [-0.25, -0.2) is 0 Å². The maximum absolute atomic E-state index is 14.1. The predicted octanol–water partition coefficient (Wildman–Crippen LogP) is 6.04. The van der Waals surface area contributed by atoms with Crippen LogP contribution in [0.15, 0.2) is 83.3 Å². The van der Waals surface area contributed by atoms with Crippen LogP contribution in [-0.2, 0) is 0 Å². The first kappa shape index (κ1) is 21.2. The van der Waals surface area contributed by atoms with Crippen LogP contribution in [-0.4, -0.2) is 17.9 Å². The zero-order valence-corrected chi connectivity index (χ0v) is 19.5. The fraction of sp³-hybridized carbons (Fsp3) is 0.179. The van der Waals surface area contributed by atoms with E-state index in [1.807, 2.05) is 96.8 Å². The summed E-state index contributed by atoms with van der Waals surface area (Å²) in [6, 6.07) is 26.4. The van der Waals surface area contributed by atoms with Crippen LogP contribution in [0.1, 0.15) is 33.0 Å². The van der Waals surface area contributed by atoms with E-state index in [0.29, 0.717) is 5.56 Å². The molecule has 0 spiro atoms. The smallest absolute Gasteiger partial charge is 0.185 e. The van der Waals surface area contributed by atoms with E-state index in [1.54, 1.807) is 0 Å². The summed E-state index contributed by atoms with van der Waals surface area (Å²) in [5.74, 6) is -0.722. The average molecular weight is 494 g/mol. The van der Waals surface area contributed by atoms with Crippen molar-refractivity contribution >= 4 is 33.5 Å². The van der Waals surface area contributed by atoms with Crippen LogP contribution in [0.2, 0.25) is 0 Å². The van der Waals surface area contributed by atoms with Crippen molar-refractivity contribution in [3.63, 3.8) is 0 Å². The third kappa shape index (κ3) is 3.20. The second-order valence-electron chi connectivity index (χ2n) is 8.57. The van der Waals surface area contributed by atoms with E-state index in [2.05, 4.69) is 28.1 Å². The van der Waals surface area contributed by atoms with E-state index < -0.39 is 23.4 Å². The van der Waals surface area contributed by atoms with Gasteiger partial charge in [0, 0.05) is 21.6 Å². The molecule has 0 radical (unpaired) electrons. The van der Waals surface area contributed by atoms with Crippen molar-refractivity contribution in [3.05, 3.63) is 106 Å². The molecule has 3 aromatic carbocycles. The number of Topliss-reactive ketones (excluding diaryl/α,β-unsaturated/α-hetero) is 1. The minimum atomic E-state index is -1.43. The lowest BCUT2D eigenvalue weighted by molar-refractivity contribution is 0.0951. The van der Waals surface area contributed by atoms with Crippen molar-refractivity contribution in [2.45, 2.75) is 24.9 Å². The van der Waals surface area contributed by atoms with Crippen LogP contribution in [0, 0.1) is 35.0 Å². The Morgan fingerprint density at radius 1 is 0.970 bits per heavy atom. The number of anilines is 1. The number of carbonyl (C=O) groups excluding carboxylic acids is 1. The summed E-state index contributed by atoms with van der Waals surface area (Å²) < 4.78 is 0.896. The van der Waals surface area contributed by atoms with Crippen LogP contribution in [0.4, 0.5) is 5.69 Å². The summed E-state index contributed by atoms with van der Waals surface area (Å²) in [5.41, 5.74) is 2.84. The van der Waals surface area contributed by atoms with Crippen molar-refractivity contribution < 1.29 is 4.79 Å². The molecule has 2 heterocycles. The number of halogens is 1. The van der Waals surface area contributed by atoms with Gasteiger partial charge in [0.1, 0.15) is 6.04 Å². The first-order valence-electron chi connectivity index (χ1n) is 10.7. The number of hydrogen-bond acceptors (Lipinski definition) is 4. The molecule has 1 saturated heterocycles. The first-order chi connectivity index (χ1) is 16.0. The average Bonchev–Trinajstić information content (AvgIpc) is 3.15. The van der Waals surface area contributed by atoms with Crippen molar-refractivity contribution in [1.82, 2.24) is 0 Å². The number of benzene rings is 3. The highest BCUT2D eigenvalue weighted by Gasteiger charge is 2.63. The van der Waals surface area contributed by atoms with Gasteiger partial charge in [-0.15, -0.1) is 0 Å². The zero-order valence-electron chi connectivity index (χ0n) is 17.9. The van der Waals surface area contributed by atoms with Gasteiger partial charge in [-0.2, -0.15) is 10.5 Å². The van der Waals surface area contributed by atoms with Gasteiger partial charge in [-0.3, -0.25) is 4.79 Å². The molecule has 5 rings (SSSR count). The Morgan fingerprint density at radius 2 is 1.64 bits per heavy atom. The molecule has 0 saturated carbocycles. The molecule has 3 unspecified atom stereocenters. The van der Waals surface area contributed by atoms with Gasteiger partial charge in [0.2, 0.25) is 0 Å². The lowest BCUT2D eigenvalue weighted by atomic mass is 9.69. The summed E-state index contributed by atoms with van der Waals surface area (Å²) in [5, 5.41) is 20.9. The molecule has 3 atom stereocenters. The fourth-order valence-corrected chi connectivity index (χ4v) is 5.43. The quantitative estimate of drug-likeness (QED) is 0.417. The van der Waals surface area contributed by atoms with Crippen LogP contribution >= 0.6 is 15.9 Å². The van der Waals surface area contributed by atoms with Gasteiger partial charge in [0.05, 0.1) is 18.2 Å². The normalized spacial score (nSPS) is 22.1. The van der Waals surface area contributed by atoms with Crippen molar-refractivity contribution in [2.75, 3.05) is 4.90 Å². The van der Waals surface area contributed by atoms with Crippen molar-refractivity contribution in [3.8, 4) is 12.1 Å². The third-order valence-corrected chi connectivity index (χ3v) is 7.28. The molecule has 33 heavy (non-hydrogen) atoms. The highest BCUT2D eigenvalue weighted by molar-refractivity contribution is 9.10. The number of aryl methyl sites for hydroxylation is 1. The first-order valence-corrected chi connectivity index (χ1v) is 11.5. The van der Waals surface area contributed by atoms with E-state index in [4.69, 9.17) is 0 Å². The number of fused-ring (bicyclic) bond motifs is 3. The maximum atomic E-state index is 14.1. The minimum absolute atomic E-state index is 0.0922. The summed E-state index contributed by atoms with van der Waals surface area (Å²) >= 11 is 3.47.